The average molecular weight is 381 g/mol. The number of alkyl halides is 3. The van der Waals surface area contributed by atoms with Gasteiger partial charge in [-0.3, -0.25) is 9.69 Å². The minimum absolute atomic E-state index is 0.0381. The van der Waals surface area contributed by atoms with Crippen LogP contribution in [0.2, 0.25) is 5.02 Å². The van der Waals surface area contributed by atoms with Crippen LogP contribution in [0, 0.1) is 5.92 Å². The maximum absolute atomic E-state index is 13.7. The lowest BCUT2D eigenvalue weighted by molar-refractivity contribution is -0.328. The summed E-state index contributed by atoms with van der Waals surface area (Å²) in [4.78, 5) is 24.4. The number of aliphatic hydroxyl groups is 1. The summed E-state index contributed by atoms with van der Waals surface area (Å²) in [6.45, 7) is 1.22. The Morgan fingerprint density at radius 3 is 2.56 bits per heavy atom. The van der Waals surface area contributed by atoms with Gasteiger partial charge in [0.1, 0.15) is 5.92 Å². The second-order valence-electron chi connectivity index (χ2n) is 5.46. The van der Waals surface area contributed by atoms with E-state index in [1.807, 2.05) is 0 Å². The molecule has 0 radical (unpaired) electrons. The van der Waals surface area contributed by atoms with Crippen molar-refractivity contribution in [2.24, 2.45) is 5.92 Å². The number of nitrogens with one attached hydrogen (secondary N) is 1. The molecule has 25 heavy (non-hydrogen) atoms. The number of hydrogen-bond acceptors (Lipinski definition) is 4. The van der Waals surface area contributed by atoms with Crippen molar-refractivity contribution in [1.29, 1.82) is 0 Å². The van der Waals surface area contributed by atoms with Crippen molar-refractivity contribution in [3.05, 3.63) is 34.9 Å². The van der Waals surface area contributed by atoms with E-state index in [1.54, 1.807) is 0 Å². The van der Waals surface area contributed by atoms with Crippen LogP contribution in [0.3, 0.4) is 0 Å². The Morgan fingerprint density at radius 2 is 2.04 bits per heavy atom. The van der Waals surface area contributed by atoms with Gasteiger partial charge in [0.05, 0.1) is 12.6 Å². The summed E-state index contributed by atoms with van der Waals surface area (Å²) in [6.07, 6.45) is -5.31. The van der Waals surface area contributed by atoms with Gasteiger partial charge in [-0.25, -0.2) is 4.79 Å². The fourth-order valence-corrected chi connectivity index (χ4v) is 3.05. The molecule has 1 aliphatic heterocycles. The summed E-state index contributed by atoms with van der Waals surface area (Å²) >= 11 is 6.02. The monoisotopic (exact) mass is 380 g/mol. The third kappa shape index (κ3) is 3.13. The van der Waals surface area contributed by atoms with Gasteiger partial charge in [-0.15, -0.1) is 0 Å². The molecule has 0 aliphatic carbocycles. The maximum Gasteiger partial charge on any atom is 0.437 e. The largest absolute Gasteiger partial charge is 0.466 e. The Hall–Kier alpha value is -2.00. The zero-order valence-corrected chi connectivity index (χ0v) is 14.1. The first-order valence-electron chi connectivity index (χ1n) is 7.30. The van der Waals surface area contributed by atoms with E-state index >= 15 is 0 Å². The van der Waals surface area contributed by atoms with Crippen LogP contribution >= 0.6 is 11.6 Å². The summed E-state index contributed by atoms with van der Waals surface area (Å²) < 4.78 is 45.8. The molecule has 10 heteroatoms. The fourth-order valence-electron chi connectivity index (χ4n) is 2.79. The molecule has 1 heterocycles. The van der Waals surface area contributed by atoms with Crippen LogP contribution in [0.4, 0.5) is 18.0 Å². The van der Waals surface area contributed by atoms with E-state index in [4.69, 9.17) is 16.3 Å². The summed E-state index contributed by atoms with van der Waals surface area (Å²) in [5.74, 6) is -3.48. The topological polar surface area (TPSA) is 78.9 Å². The Labute approximate surface area is 146 Å². The van der Waals surface area contributed by atoms with Crippen molar-refractivity contribution >= 4 is 23.6 Å². The van der Waals surface area contributed by atoms with Crippen molar-refractivity contribution < 1.29 is 32.6 Å². The molecule has 0 unspecified atom stereocenters. The van der Waals surface area contributed by atoms with E-state index in [-0.39, 0.29) is 22.1 Å². The third-order valence-corrected chi connectivity index (χ3v) is 4.40. The molecule has 0 bridgehead atoms. The molecular formula is C15H16ClF3N2O4. The van der Waals surface area contributed by atoms with E-state index in [2.05, 4.69) is 5.32 Å². The number of hydrogen-bond donors (Lipinski definition) is 2. The first kappa shape index (κ1) is 19.3. The van der Waals surface area contributed by atoms with Gasteiger partial charge >= 0.3 is 18.2 Å². The predicted octanol–water partition coefficient (Wildman–Crippen LogP) is 2.47. The van der Waals surface area contributed by atoms with Crippen LogP contribution in [0.1, 0.15) is 18.5 Å². The lowest BCUT2D eigenvalue weighted by Crippen LogP contribution is -2.73. The Morgan fingerprint density at radius 1 is 1.44 bits per heavy atom. The number of carbonyl (C=O) groups excluding carboxylic acids is 2. The van der Waals surface area contributed by atoms with Crippen LogP contribution in [0.25, 0.3) is 0 Å². The normalized spacial score (nSPS) is 27.0. The summed E-state index contributed by atoms with van der Waals surface area (Å²) in [5, 5.41) is 12.7. The van der Waals surface area contributed by atoms with Crippen LogP contribution in [-0.4, -0.2) is 47.6 Å². The molecule has 0 saturated carbocycles. The number of nitrogens with zero attached hydrogens (tertiary/aromatic N) is 1. The molecule has 0 spiro atoms. The quantitative estimate of drug-likeness (QED) is 0.790. The van der Waals surface area contributed by atoms with Gasteiger partial charge in [0, 0.05) is 12.1 Å². The molecule has 1 aromatic rings. The summed E-state index contributed by atoms with van der Waals surface area (Å²) in [7, 11) is 0.748. The number of ether oxygens (including phenoxy) is 1. The number of carbonyl (C=O) groups is 2. The standard InChI is InChI=1S/C15H16ClF3N2O4/c1-3-25-12(22)10-11(8-6-4-5-7-9(8)16)20-13(23)21(2)14(10,24)15(17,18)19/h4-7,10-11,24H,3H2,1-2H3,(H,20,23)/t10-,11+,14-/m0/s1. The van der Waals surface area contributed by atoms with Crippen molar-refractivity contribution in [3.63, 3.8) is 0 Å². The van der Waals surface area contributed by atoms with Crippen LogP contribution in [-0.2, 0) is 9.53 Å². The van der Waals surface area contributed by atoms with Gasteiger partial charge < -0.3 is 15.2 Å². The molecule has 1 fully saturated rings. The molecule has 138 valence electrons. The molecule has 1 aliphatic rings. The minimum atomic E-state index is -5.31. The smallest absolute Gasteiger partial charge is 0.437 e. The second kappa shape index (κ2) is 6.72. The van der Waals surface area contributed by atoms with E-state index in [0.717, 1.165) is 7.05 Å². The molecule has 6 nitrogen and oxygen atoms in total. The highest BCUT2D eigenvalue weighted by Crippen LogP contribution is 2.47. The first-order chi connectivity index (χ1) is 11.6. The zero-order chi connectivity index (χ0) is 19.0. The van der Waals surface area contributed by atoms with E-state index < -0.39 is 35.9 Å². The van der Waals surface area contributed by atoms with E-state index in [1.165, 1.54) is 31.2 Å². The molecule has 2 rings (SSSR count). The van der Waals surface area contributed by atoms with Crippen molar-refractivity contribution in [1.82, 2.24) is 10.2 Å². The summed E-state index contributed by atoms with van der Waals surface area (Å²) in [5.41, 5.74) is -3.70. The number of esters is 1. The predicted molar refractivity (Wildman–Crippen MR) is 81.6 cm³/mol. The lowest BCUT2D eigenvalue weighted by atomic mass is 9.81. The molecular weight excluding hydrogens is 365 g/mol. The number of halogens is 4. The first-order valence-corrected chi connectivity index (χ1v) is 7.68. The Balaban J connectivity index is 2.67. The second-order valence-corrected chi connectivity index (χ2v) is 5.87. The number of urea groups is 1. The van der Waals surface area contributed by atoms with E-state index in [0.29, 0.717) is 0 Å². The summed E-state index contributed by atoms with van der Waals surface area (Å²) in [6, 6.07) is 3.06. The zero-order valence-electron chi connectivity index (χ0n) is 13.3. The van der Waals surface area contributed by atoms with Crippen molar-refractivity contribution in [2.75, 3.05) is 13.7 Å². The fraction of sp³-hybridized carbons (Fsp3) is 0.467. The Kier molecular flexibility index (Phi) is 5.19. The highest BCUT2D eigenvalue weighted by Gasteiger charge is 2.70. The lowest BCUT2D eigenvalue weighted by Gasteiger charge is -2.49. The van der Waals surface area contributed by atoms with Crippen molar-refractivity contribution in [3.8, 4) is 0 Å². The molecule has 1 saturated heterocycles. The molecule has 3 atom stereocenters. The number of benzene rings is 1. The van der Waals surface area contributed by atoms with Gasteiger partial charge in [-0.2, -0.15) is 13.2 Å². The van der Waals surface area contributed by atoms with Gasteiger partial charge in [0.15, 0.2) is 0 Å². The van der Waals surface area contributed by atoms with Gasteiger partial charge in [-0.05, 0) is 18.6 Å². The van der Waals surface area contributed by atoms with Crippen molar-refractivity contribution in [2.45, 2.75) is 24.9 Å². The molecule has 2 N–H and O–H groups in total. The maximum atomic E-state index is 13.7. The molecule has 0 aromatic heterocycles. The third-order valence-electron chi connectivity index (χ3n) is 4.06. The van der Waals surface area contributed by atoms with Gasteiger partial charge in [0.25, 0.3) is 5.72 Å². The van der Waals surface area contributed by atoms with Crippen LogP contribution < -0.4 is 5.32 Å². The highest BCUT2D eigenvalue weighted by atomic mass is 35.5. The number of rotatable bonds is 3. The number of amides is 2. The Bertz CT molecular complexity index is 685. The molecule has 2 amide bonds. The van der Waals surface area contributed by atoms with Gasteiger partial charge in [0.2, 0.25) is 0 Å². The minimum Gasteiger partial charge on any atom is -0.466 e. The van der Waals surface area contributed by atoms with E-state index in [9.17, 15) is 27.9 Å². The SMILES string of the molecule is CCOC(=O)[C@@H]1[C@@H](c2ccccc2Cl)NC(=O)N(C)[C@@]1(O)C(F)(F)F. The average Bonchev–Trinajstić information content (AvgIpc) is 2.51. The van der Waals surface area contributed by atoms with Gasteiger partial charge in [-0.1, -0.05) is 29.8 Å². The highest BCUT2D eigenvalue weighted by molar-refractivity contribution is 6.31. The van der Waals surface area contributed by atoms with Crippen LogP contribution in [0.5, 0.6) is 0 Å². The van der Waals surface area contributed by atoms with Crippen LogP contribution in [0.15, 0.2) is 24.3 Å². The molecule has 1 aromatic carbocycles.